The number of carbonyl (C=O) groups excluding carboxylic acids is 2. The van der Waals surface area contributed by atoms with Crippen molar-refractivity contribution in [3.05, 3.63) is 118 Å². The summed E-state index contributed by atoms with van der Waals surface area (Å²) >= 11 is 6.23. The number of nitrogens with one attached hydrogen (secondary N) is 2. The third-order valence-corrected chi connectivity index (χ3v) is 5.94. The first-order valence-electron chi connectivity index (χ1n) is 12.0. The molecule has 0 bridgehead atoms. The molecule has 4 aromatic carbocycles. The smallest absolute Gasteiger partial charge is 0.411 e. The van der Waals surface area contributed by atoms with Crippen molar-refractivity contribution in [2.45, 2.75) is 19.6 Å². The van der Waals surface area contributed by atoms with Gasteiger partial charge in [-0.25, -0.2) is 4.79 Å². The maximum Gasteiger partial charge on any atom is 0.411 e. The summed E-state index contributed by atoms with van der Waals surface area (Å²) in [6.07, 6.45) is -0.781. The lowest BCUT2D eigenvalue weighted by atomic mass is 9.99. The Labute approximate surface area is 230 Å². The molecule has 0 saturated carbocycles. The minimum Gasteiger partial charge on any atom is -0.481 e. The van der Waals surface area contributed by atoms with Crippen molar-refractivity contribution in [1.82, 2.24) is 0 Å². The first kappa shape index (κ1) is 27.4. The third kappa shape index (κ3) is 7.91. The zero-order valence-corrected chi connectivity index (χ0v) is 21.6. The van der Waals surface area contributed by atoms with E-state index in [4.69, 9.17) is 27.2 Å². The molecule has 0 fully saturated rings. The molecule has 198 valence electrons. The van der Waals surface area contributed by atoms with Crippen LogP contribution < -0.4 is 16.4 Å². The van der Waals surface area contributed by atoms with Crippen LogP contribution in [-0.2, 0) is 29.1 Å². The van der Waals surface area contributed by atoms with Crippen LogP contribution in [0, 0.1) is 0 Å². The monoisotopic (exact) mass is 543 g/mol. The number of aliphatic carboxylic acids is 1. The van der Waals surface area contributed by atoms with Gasteiger partial charge in [0.2, 0.25) is 0 Å². The lowest BCUT2D eigenvalue weighted by Crippen LogP contribution is -2.16. The van der Waals surface area contributed by atoms with E-state index >= 15 is 0 Å². The SMILES string of the molecule is NCc1cc(NC(=O)c2cc(Cl)cc(NC(=O)OCc3ccccc3)c2)cc(-c2cccc(CC(=O)O)c2)c1. The van der Waals surface area contributed by atoms with Crippen LogP contribution >= 0.6 is 11.6 Å². The maximum absolute atomic E-state index is 13.1. The normalized spacial score (nSPS) is 10.5. The van der Waals surface area contributed by atoms with Crippen molar-refractivity contribution < 1.29 is 24.2 Å². The maximum atomic E-state index is 13.1. The Bertz CT molecular complexity index is 1510. The first-order chi connectivity index (χ1) is 18.8. The molecule has 39 heavy (non-hydrogen) atoms. The van der Waals surface area contributed by atoms with Crippen molar-refractivity contribution in [3.63, 3.8) is 0 Å². The zero-order chi connectivity index (χ0) is 27.8. The third-order valence-electron chi connectivity index (χ3n) is 5.72. The van der Waals surface area contributed by atoms with Crippen LogP contribution in [0.5, 0.6) is 0 Å². The molecule has 0 aliphatic rings. The molecule has 5 N–H and O–H groups in total. The molecule has 4 rings (SSSR count). The van der Waals surface area contributed by atoms with Crippen LogP contribution in [-0.4, -0.2) is 23.1 Å². The second-order valence-electron chi connectivity index (χ2n) is 8.76. The van der Waals surface area contributed by atoms with Gasteiger partial charge >= 0.3 is 12.1 Å². The minimum atomic E-state index is -0.921. The molecule has 0 saturated heterocycles. The Hall–Kier alpha value is -4.66. The molecule has 4 aromatic rings. The van der Waals surface area contributed by atoms with Crippen molar-refractivity contribution >= 4 is 40.9 Å². The van der Waals surface area contributed by atoms with Crippen molar-refractivity contribution in [1.29, 1.82) is 0 Å². The number of carboxylic acid groups (broad SMARTS) is 1. The quantitative estimate of drug-likeness (QED) is 0.202. The molecule has 0 heterocycles. The summed E-state index contributed by atoms with van der Waals surface area (Å²) in [6, 6.07) is 26.3. The van der Waals surface area contributed by atoms with Gasteiger partial charge in [-0.1, -0.05) is 66.2 Å². The minimum absolute atomic E-state index is 0.0968. The summed E-state index contributed by atoms with van der Waals surface area (Å²) in [5.74, 6) is -1.37. The van der Waals surface area contributed by atoms with Crippen LogP contribution in [0.4, 0.5) is 16.2 Å². The van der Waals surface area contributed by atoms with Crippen LogP contribution in [0.1, 0.15) is 27.0 Å². The van der Waals surface area contributed by atoms with Gasteiger partial charge in [0.15, 0.2) is 0 Å². The number of hydrogen-bond donors (Lipinski definition) is 4. The molecule has 0 unspecified atom stereocenters. The van der Waals surface area contributed by atoms with E-state index in [9.17, 15) is 14.4 Å². The largest absolute Gasteiger partial charge is 0.481 e. The van der Waals surface area contributed by atoms with Gasteiger partial charge in [0.1, 0.15) is 6.61 Å². The molecule has 8 nitrogen and oxygen atoms in total. The van der Waals surface area contributed by atoms with Gasteiger partial charge in [-0.2, -0.15) is 0 Å². The van der Waals surface area contributed by atoms with Gasteiger partial charge in [-0.15, -0.1) is 0 Å². The number of benzene rings is 4. The van der Waals surface area contributed by atoms with E-state index in [0.29, 0.717) is 16.9 Å². The Kier molecular flexibility index (Phi) is 8.94. The van der Waals surface area contributed by atoms with E-state index in [-0.39, 0.29) is 30.2 Å². The molecule has 2 amide bonds. The number of anilines is 2. The fourth-order valence-corrected chi connectivity index (χ4v) is 4.19. The predicted molar refractivity (Wildman–Crippen MR) is 151 cm³/mol. The Balaban J connectivity index is 1.50. The van der Waals surface area contributed by atoms with Crippen LogP contribution in [0.25, 0.3) is 11.1 Å². The lowest BCUT2D eigenvalue weighted by molar-refractivity contribution is -0.136. The highest BCUT2D eigenvalue weighted by Crippen LogP contribution is 2.27. The van der Waals surface area contributed by atoms with Crippen LogP contribution in [0.15, 0.2) is 91.0 Å². The number of halogens is 1. The van der Waals surface area contributed by atoms with Crippen molar-refractivity contribution in [2.24, 2.45) is 5.73 Å². The van der Waals surface area contributed by atoms with E-state index in [0.717, 1.165) is 22.3 Å². The summed E-state index contributed by atoms with van der Waals surface area (Å²) in [5, 5.41) is 14.8. The molecule has 0 radical (unpaired) electrons. The van der Waals surface area contributed by atoms with Gasteiger partial charge in [0.25, 0.3) is 5.91 Å². The summed E-state index contributed by atoms with van der Waals surface area (Å²) in [5.41, 5.74) is 10.8. The number of hydrogen-bond acceptors (Lipinski definition) is 5. The van der Waals surface area contributed by atoms with E-state index in [1.807, 2.05) is 42.5 Å². The molecule has 9 heteroatoms. The molecular formula is C30H26ClN3O5. The van der Waals surface area contributed by atoms with Gasteiger partial charge < -0.3 is 20.9 Å². The highest BCUT2D eigenvalue weighted by Gasteiger charge is 2.13. The van der Waals surface area contributed by atoms with E-state index in [1.165, 1.54) is 18.2 Å². The van der Waals surface area contributed by atoms with Crippen LogP contribution in [0.3, 0.4) is 0 Å². The lowest BCUT2D eigenvalue weighted by Gasteiger charge is -2.13. The fourth-order valence-electron chi connectivity index (χ4n) is 3.96. The summed E-state index contributed by atoms with van der Waals surface area (Å²) < 4.78 is 5.24. The second kappa shape index (κ2) is 12.7. The Morgan fingerprint density at radius 2 is 1.49 bits per heavy atom. The Morgan fingerprint density at radius 1 is 0.769 bits per heavy atom. The number of carboxylic acids is 1. The van der Waals surface area contributed by atoms with Crippen LogP contribution in [0.2, 0.25) is 5.02 Å². The number of carbonyl (C=O) groups is 3. The zero-order valence-electron chi connectivity index (χ0n) is 20.8. The van der Waals surface area contributed by atoms with Gasteiger partial charge in [0, 0.05) is 28.5 Å². The number of rotatable bonds is 9. The molecule has 0 aliphatic carbocycles. The topological polar surface area (TPSA) is 131 Å². The Morgan fingerprint density at radius 3 is 2.23 bits per heavy atom. The van der Waals surface area contributed by atoms with Gasteiger partial charge in [-0.05, 0) is 64.2 Å². The average molecular weight is 544 g/mol. The molecule has 0 atom stereocenters. The van der Waals surface area contributed by atoms with Gasteiger partial charge in [-0.3, -0.25) is 14.9 Å². The fraction of sp³-hybridized carbons (Fsp3) is 0.100. The van der Waals surface area contributed by atoms with Gasteiger partial charge in [0.05, 0.1) is 6.42 Å². The van der Waals surface area contributed by atoms with Crippen molar-refractivity contribution in [2.75, 3.05) is 10.6 Å². The van der Waals surface area contributed by atoms with Crippen molar-refractivity contribution in [3.8, 4) is 11.1 Å². The number of ether oxygens (including phenoxy) is 1. The summed E-state index contributed by atoms with van der Waals surface area (Å²) in [7, 11) is 0. The average Bonchev–Trinajstić information content (AvgIpc) is 2.91. The number of nitrogens with two attached hydrogens (primary N) is 1. The molecule has 0 aromatic heterocycles. The van der Waals surface area contributed by atoms with E-state index in [1.54, 1.807) is 30.3 Å². The van der Waals surface area contributed by atoms with E-state index in [2.05, 4.69) is 10.6 Å². The second-order valence-corrected chi connectivity index (χ2v) is 9.20. The number of amides is 2. The predicted octanol–water partition coefficient (Wildman–Crippen LogP) is 6.09. The summed E-state index contributed by atoms with van der Waals surface area (Å²) in [4.78, 5) is 36.5. The highest BCUT2D eigenvalue weighted by atomic mass is 35.5. The molecular weight excluding hydrogens is 518 g/mol. The first-order valence-corrected chi connectivity index (χ1v) is 12.4. The molecule has 0 aliphatic heterocycles. The standard InChI is InChI=1S/C30H26ClN3O5/c31-25-13-24(15-27(16-25)34-30(38)39-18-19-5-2-1-3-6-19)29(37)33-26-11-21(17-32)10-23(14-26)22-8-4-7-20(9-22)12-28(35)36/h1-11,13-16H,12,17-18,32H2,(H,33,37)(H,34,38)(H,35,36). The summed E-state index contributed by atoms with van der Waals surface area (Å²) in [6.45, 7) is 0.335. The highest BCUT2D eigenvalue weighted by molar-refractivity contribution is 6.31. The van der Waals surface area contributed by atoms with E-state index < -0.39 is 18.0 Å². The molecule has 0 spiro atoms.